The van der Waals surface area contributed by atoms with Crippen molar-refractivity contribution < 1.29 is 32.9 Å². The van der Waals surface area contributed by atoms with Crippen molar-refractivity contribution in [2.75, 3.05) is 11.9 Å². The van der Waals surface area contributed by atoms with Crippen LogP contribution in [0.3, 0.4) is 0 Å². The number of ether oxygens (including phenoxy) is 1. The number of urea groups is 1. The molecule has 2 amide bonds. The number of nitrogens with one attached hydrogen (secondary N) is 2. The molecule has 3 atom stereocenters. The quantitative estimate of drug-likeness (QED) is 0.466. The van der Waals surface area contributed by atoms with Crippen LogP contribution in [-0.2, 0) is 23.1 Å². The highest BCUT2D eigenvalue weighted by atomic mass is 19.4. The molecule has 1 aromatic heterocycles. The lowest BCUT2D eigenvalue weighted by atomic mass is 9.97. The SMILES string of the molecule is O=C(Nc1ccc(C(F)(F)F)cc1)N[C@H]1CC[C@H](CCn2cc(C3(O)CCCC3)nn2)O[C@H]1CO. The van der Waals surface area contributed by atoms with Crippen molar-refractivity contribution in [3.63, 3.8) is 0 Å². The number of hydrogen-bond acceptors (Lipinski definition) is 6. The number of carbonyl (C=O) groups excluding carboxylic acids is 1. The summed E-state index contributed by atoms with van der Waals surface area (Å²) in [7, 11) is 0. The lowest BCUT2D eigenvalue weighted by molar-refractivity contribution is -0.137. The number of aryl methyl sites for hydroxylation is 1. The number of alkyl halides is 3. The summed E-state index contributed by atoms with van der Waals surface area (Å²) in [6, 6.07) is 3.12. The molecule has 0 radical (unpaired) electrons. The first-order valence-corrected chi connectivity index (χ1v) is 11.8. The average molecular weight is 498 g/mol. The van der Waals surface area contributed by atoms with Crippen LogP contribution in [0.1, 0.15) is 56.2 Å². The Morgan fingerprint density at radius 3 is 2.57 bits per heavy atom. The van der Waals surface area contributed by atoms with Gasteiger partial charge in [-0.1, -0.05) is 18.1 Å². The second kappa shape index (κ2) is 10.5. The Hall–Kier alpha value is -2.70. The van der Waals surface area contributed by atoms with E-state index in [1.54, 1.807) is 10.9 Å². The van der Waals surface area contributed by atoms with Crippen LogP contribution < -0.4 is 10.6 Å². The van der Waals surface area contributed by atoms with Gasteiger partial charge in [-0.15, -0.1) is 5.10 Å². The Bertz CT molecular complexity index is 992. The summed E-state index contributed by atoms with van der Waals surface area (Å²) in [6.45, 7) is 0.251. The van der Waals surface area contributed by atoms with Gasteiger partial charge >= 0.3 is 12.2 Å². The Kier molecular flexibility index (Phi) is 7.62. The second-order valence-corrected chi connectivity index (χ2v) is 9.23. The zero-order chi connectivity index (χ0) is 25.1. The number of amides is 2. The fraction of sp³-hybridized carbons (Fsp3) is 0.609. The van der Waals surface area contributed by atoms with E-state index in [0.717, 1.165) is 25.0 Å². The average Bonchev–Trinajstić information content (AvgIpc) is 3.48. The van der Waals surface area contributed by atoms with E-state index in [4.69, 9.17) is 4.74 Å². The molecule has 2 fully saturated rings. The summed E-state index contributed by atoms with van der Waals surface area (Å²) in [6.07, 6.45) is 1.73. The van der Waals surface area contributed by atoms with Crippen LogP contribution in [0.2, 0.25) is 0 Å². The molecule has 1 aliphatic heterocycles. The summed E-state index contributed by atoms with van der Waals surface area (Å²) in [5.74, 6) is 0. The lowest BCUT2D eigenvalue weighted by Gasteiger charge is -2.36. The zero-order valence-electron chi connectivity index (χ0n) is 19.2. The molecule has 4 rings (SSSR count). The third-order valence-corrected chi connectivity index (χ3v) is 6.71. The minimum atomic E-state index is -4.45. The zero-order valence-corrected chi connectivity index (χ0v) is 19.2. The molecular formula is C23H30F3N5O4. The largest absolute Gasteiger partial charge is 0.416 e. The van der Waals surface area contributed by atoms with Gasteiger partial charge < -0.3 is 25.6 Å². The molecule has 1 saturated carbocycles. The third-order valence-electron chi connectivity index (χ3n) is 6.71. The number of benzene rings is 1. The minimum Gasteiger partial charge on any atom is -0.394 e. The van der Waals surface area contributed by atoms with Crippen LogP contribution >= 0.6 is 0 Å². The van der Waals surface area contributed by atoms with Gasteiger partial charge in [0.05, 0.1) is 30.5 Å². The summed E-state index contributed by atoms with van der Waals surface area (Å²) in [4.78, 5) is 12.3. The van der Waals surface area contributed by atoms with Gasteiger partial charge in [0, 0.05) is 12.2 Å². The summed E-state index contributed by atoms with van der Waals surface area (Å²) < 4.78 is 45.7. The number of aliphatic hydroxyl groups is 2. The number of halogens is 3. The van der Waals surface area contributed by atoms with E-state index in [1.165, 1.54) is 12.1 Å². The molecule has 1 aliphatic carbocycles. The normalized spacial score (nSPS) is 24.3. The number of anilines is 1. The molecule has 2 aromatic rings. The van der Waals surface area contributed by atoms with E-state index < -0.39 is 35.5 Å². The second-order valence-electron chi connectivity index (χ2n) is 9.23. The van der Waals surface area contributed by atoms with Crippen LogP contribution in [0.15, 0.2) is 30.5 Å². The highest BCUT2D eigenvalue weighted by molar-refractivity contribution is 5.89. The molecule has 2 heterocycles. The fourth-order valence-electron chi connectivity index (χ4n) is 4.70. The van der Waals surface area contributed by atoms with E-state index in [2.05, 4.69) is 20.9 Å². The molecule has 1 aromatic carbocycles. The third kappa shape index (κ3) is 6.30. The Morgan fingerprint density at radius 2 is 1.91 bits per heavy atom. The highest BCUT2D eigenvalue weighted by Crippen LogP contribution is 2.37. The Morgan fingerprint density at radius 1 is 1.20 bits per heavy atom. The van der Waals surface area contributed by atoms with E-state index in [-0.39, 0.29) is 18.4 Å². The van der Waals surface area contributed by atoms with Gasteiger partial charge in [0.2, 0.25) is 0 Å². The minimum absolute atomic E-state index is 0.148. The molecule has 2 aliphatic rings. The van der Waals surface area contributed by atoms with Crippen molar-refractivity contribution in [2.24, 2.45) is 0 Å². The standard InChI is InChI=1S/C23H30F3N5O4/c24-23(25,26)15-3-5-16(6-4-15)27-21(33)28-18-8-7-17(35-19(18)14-32)9-12-31-13-20(29-30-31)22(34)10-1-2-11-22/h3-6,13,17-19,32,34H,1-2,7-12,14H2,(H2,27,28,33)/t17-,18+,19+/m1/s1. The van der Waals surface area contributed by atoms with Crippen molar-refractivity contribution in [1.29, 1.82) is 0 Å². The first kappa shape index (κ1) is 25.4. The topological polar surface area (TPSA) is 122 Å². The van der Waals surface area contributed by atoms with Gasteiger partial charge in [-0.05, 0) is 56.4 Å². The monoisotopic (exact) mass is 497 g/mol. The summed E-state index contributed by atoms with van der Waals surface area (Å²) in [5.41, 5.74) is -0.871. The number of rotatable bonds is 7. The van der Waals surface area contributed by atoms with Crippen LogP contribution in [0.25, 0.3) is 0 Å². The van der Waals surface area contributed by atoms with Crippen LogP contribution in [-0.4, -0.2) is 56.1 Å². The molecule has 12 heteroatoms. The fourth-order valence-corrected chi connectivity index (χ4v) is 4.70. The van der Waals surface area contributed by atoms with Crippen LogP contribution in [0.4, 0.5) is 23.7 Å². The predicted molar refractivity (Wildman–Crippen MR) is 119 cm³/mol. The number of aromatic nitrogens is 3. The van der Waals surface area contributed by atoms with Crippen molar-refractivity contribution in [3.05, 3.63) is 41.7 Å². The number of carbonyl (C=O) groups is 1. The highest BCUT2D eigenvalue weighted by Gasteiger charge is 2.36. The molecule has 0 unspecified atom stereocenters. The van der Waals surface area contributed by atoms with Crippen molar-refractivity contribution in [3.8, 4) is 0 Å². The van der Waals surface area contributed by atoms with Gasteiger partial charge in [-0.25, -0.2) is 4.79 Å². The molecule has 1 saturated heterocycles. The molecule has 4 N–H and O–H groups in total. The Balaban J connectivity index is 1.24. The van der Waals surface area contributed by atoms with Crippen molar-refractivity contribution in [2.45, 2.75) is 81.5 Å². The summed E-state index contributed by atoms with van der Waals surface area (Å²) in [5, 5.41) is 33.9. The molecule has 0 bridgehead atoms. The number of hydrogen-bond donors (Lipinski definition) is 4. The summed E-state index contributed by atoms with van der Waals surface area (Å²) >= 11 is 0. The molecule has 0 spiro atoms. The van der Waals surface area contributed by atoms with E-state index >= 15 is 0 Å². The lowest BCUT2D eigenvalue weighted by Crippen LogP contribution is -2.52. The van der Waals surface area contributed by atoms with E-state index in [0.29, 0.717) is 44.3 Å². The van der Waals surface area contributed by atoms with Gasteiger partial charge in [-0.2, -0.15) is 13.2 Å². The van der Waals surface area contributed by atoms with Crippen LogP contribution in [0.5, 0.6) is 0 Å². The number of aliphatic hydroxyl groups excluding tert-OH is 1. The predicted octanol–water partition coefficient (Wildman–Crippen LogP) is 3.18. The van der Waals surface area contributed by atoms with Gasteiger partial charge in [0.15, 0.2) is 0 Å². The van der Waals surface area contributed by atoms with Gasteiger partial charge in [0.1, 0.15) is 17.4 Å². The molecule has 35 heavy (non-hydrogen) atoms. The maximum atomic E-state index is 12.7. The molecule has 9 nitrogen and oxygen atoms in total. The molecular weight excluding hydrogens is 467 g/mol. The first-order valence-electron chi connectivity index (χ1n) is 11.8. The smallest absolute Gasteiger partial charge is 0.394 e. The first-order chi connectivity index (χ1) is 16.7. The molecule has 192 valence electrons. The van der Waals surface area contributed by atoms with Crippen LogP contribution in [0, 0.1) is 0 Å². The number of nitrogens with zero attached hydrogens (tertiary/aromatic N) is 3. The Labute approximate surface area is 200 Å². The maximum absolute atomic E-state index is 12.7. The van der Waals surface area contributed by atoms with E-state index in [1.807, 2.05) is 0 Å². The van der Waals surface area contributed by atoms with Crippen molar-refractivity contribution >= 4 is 11.7 Å². The van der Waals surface area contributed by atoms with E-state index in [9.17, 15) is 28.2 Å². The maximum Gasteiger partial charge on any atom is 0.416 e. The van der Waals surface area contributed by atoms with Crippen molar-refractivity contribution in [1.82, 2.24) is 20.3 Å². The van der Waals surface area contributed by atoms with Gasteiger partial charge in [-0.3, -0.25) is 4.68 Å². The van der Waals surface area contributed by atoms with Gasteiger partial charge in [0.25, 0.3) is 0 Å².